The quantitative estimate of drug-likeness (QED) is 0.730. The first-order chi connectivity index (χ1) is 6.91. The molecule has 3 heteroatoms. The van der Waals surface area contributed by atoms with E-state index in [9.17, 15) is 8.78 Å². The molecule has 0 saturated carbocycles. The van der Waals surface area contributed by atoms with Crippen LogP contribution in [0.4, 0.5) is 8.78 Å². The molecule has 0 unspecified atom stereocenters. The molecule has 1 rings (SSSR count). The van der Waals surface area contributed by atoms with Crippen LogP contribution in [-0.4, -0.2) is 4.98 Å². The van der Waals surface area contributed by atoms with E-state index in [0.29, 0.717) is 0 Å². The minimum Gasteiger partial charge on any atom is -0.257 e. The third-order valence-corrected chi connectivity index (χ3v) is 2.32. The fourth-order valence-electron chi connectivity index (χ4n) is 1.31. The van der Waals surface area contributed by atoms with Gasteiger partial charge in [-0.2, -0.15) is 0 Å². The highest BCUT2D eigenvalue weighted by molar-refractivity contribution is 5.25. The standard InChI is InChI=1S/C12H17F2N/c1-7(2)10-5-9(12(13)14)6-11(15-10)8(3)4/h5-8,12H,1-4H3. The van der Waals surface area contributed by atoms with Crippen LogP contribution in [0.15, 0.2) is 12.1 Å². The average molecular weight is 213 g/mol. The second kappa shape index (κ2) is 4.69. The third-order valence-electron chi connectivity index (χ3n) is 2.32. The number of pyridine rings is 1. The molecule has 1 nitrogen and oxygen atoms in total. The second-order valence-corrected chi connectivity index (χ2v) is 4.36. The molecule has 1 heterocycles. The molecule has 0 aliphatic heterocycles. The van der Waals surface area contributed by atoms with Crippen molar-refractivity contribution in [2.24, 2.45) is 0 Å². The summed E-state index contributed by atoms with van der Waals surface area (Å²) < 4.78 is 25.3. The van der Waals surface area contributed by atoms with Crippen molar-refractivity contribution in [1.82, 2.24) is 4.98 Å². The molecule has 0 atom stereocenters. The SMILES string of the molecule is CC(C)c1cc(C(F)F)cc(C(C)C)n1. The van der Waals surface area contributed by atoms with Crippen molar-refractivity contribution in [2.45, 2.75) is 46.0 Å². The van der Waals surface area contributed by atoms with Gasteiger partial charge in [0.2, 0.25) is 0 Å². The zero-order valence-corrected chi connectivity index (χ0v) is 9.59. The van der Waals surface area contributed by atoms with Gasteiger partial charge in [-0.3, -0.25) is 4.98 Å². The van der Waals surface area contributed by atoms with E-state index in [1.54, 1.807) is 0 Å². The predicted molar refractivity (Wildman–Crippen MR) is 57.4 cm³/mol. The molecule has 0 aliphatic carbocycles. The zero-order valence-electron chi connectivity index (χ0n) is 9.59. The van der Waals surface area contributed by atoms with Crippen LogP contribution in [-0.2, 0) is 0 Å². The molecule has 0 bridgehead atoms. The van der Waals surface area contributed by atoms with Crippen LogP contribution in [0, 0.1) is 0 Å². The van der Waals surface area contributed by atoms with E-state index < -0.39 is 6.43 Å². The summed E-state index contributed by atoms with van der Waals surface area (Å²) in [6.07, 6.45) is -2.41. The van der Waals surface area contributed by atoms with Crippen LogP contribution < -0.4 is 0 Å². The largest absolute Gasteiger partial charge is 0.263 e. The van der Waals surface area contributed by atoms with Gasteiger partial charge in [0.05, 0.1) is 0 Å². The third kappa shape index (κ3) is 2.98. The number of alkyl halides is 2. The van der Waals surface area contributed by atoms with Gasteiger partial charge in [-0.05, 0) is 24.0 Å². The monoisotopic (exact) mass is 213 g/mol. The summed E-state index contributed by atoms with van der Waals surface area (Å²) in [7, 11) is 0. The van der Waals surface area contributed by atoms with Crippen molar-refractivity contribution in [3.63, 3.8) is 0 Å². The van der Waals surface area contributed by atoms with Crippen LogP contribution >= 0.6 is 0 Å². The van der Waals surface area contributed by atoms with Crippen LogP contribution in [0.5, 0.6) is 0 Å². The Bertz CT molecular complexity index is 268. The van der Waals surface area contributed by atoms with Crippen molar-refractivity contribution < 1.29 is 8.78 Å². The maximum atomic E-state index is 12.6. The Hall–Kier alpha value is -0.990. The molecule has 0 saturated heterocycles. The van der Waals surface area contributed by atoms with Crippen LogP contribution in [0.2, 0.25) is 0 Å². The summed E-state index contributed by atoms with van der Waals surface area (Å²) in [5.74, 6) is 0.363. The van der Waals surface area contributed by atoms with E-state index in [4.69, 9.17) is 0 Å². The van der Waals surface area contributed by atoms with Gasteiger partial charge in [0.15, 0.2) is 0 Å². The molecule has 0 aliphatic rings. The number of rotatable bonds is 3. The van der Waals surface area contributed by atoms with E-state index in [1.165, 1.54) is 12.1 Å². The highest BCUT2D eigenvalue weighted by atomic mass is 19.3. The predicted octanol–water partition coefficient (Wildman–Crippen LogP) is 4.27. The molecule has 84 valence electrons. The lowest BCUT2D eigenvalue weighted by molar-refractivity contribution is 0.151. The molecule has 0 fully saturated rings. The fourth-order valence-corrected chi connectivity index (χ4v) is 1.31. The van der Waals surface area contributed by atoms with Crippen molar-refractivity contribution in [1.29, 1.82) is 0 Å². The molecule has 15 heavy (non-hydrogen) atoms. The maximum Gasteiger partial charge on any atom is 0.263 e. The number of aromatic nitrogens is 1. The minimum absolute atomic E-state index is 0.0809. The topological polar surface area (TPSA) is 12.9 Å². The Morgan fingerprint density at radius 2 is 1.33 bits per heavy atom. The molecule has 0 radical (unpaired) electrons. The molecule has 0 amide bonds. The first kappa shape index (κ1) is 12.1. The molecule has 0 spiro atoms. The van der Waals surface area contributed by atoms with Gasteiger partial charge in [0.25, 0.3) is 6.43 Å². The second-order valence-electron chi connectivity index (χ2n) is 4.36. The Kier molecular flexibility index (Phi) is 3.77. The Balaban J connectivity index is 3.20. The van der Waals surface area contributed by atoms with Gasteiger partial charge >= 0.3 is 0 Å². The highest BCUT2D eigenvalue weighted by Crippen LogP contribution is 2.25. The van der Waals surface area contributed by atoms with Gasteiger partial charge in [0.1, 0.15) is 0 Å². The Morgan fingerprint density at radius 1 is 0.933 bits per heavy atom. The van der Waals surface area contributed by atoms with E-state index >= 15 is 0 Å². The van der Waals surface area contributed by atoms with E-state index in [-0.39, 0.29) is 17.4 Å². The number of hydrogen-bond donors (Lipinski definition) is 0. The van der Waals surface area contributed by atoms with E-state index in [2.05, 4.69) is 4.98 Å². The number of hydrogen-bond acceptors (Lipinski definition) is 1. The van der Waals surface area contributed by atoms with Crippen LogP contribution in [0.1, 0.15) is 62.9 Å². The van der Waals surface area contributed by atoms with Gasteiger partial charge < -0.3 is 0 Å². The Labute approximate surface area is 89.5 Å². The molecule has 1 aromatic heterocycles. The number of nitrogens with zero attached hydrogens (tertiary/aromatic N) is 1. The lowest BCUT2D eigenvalue weighted by Gasteiger charge is -2.12. The Morgan fingerprint density at radius 3 is 1.60 bits per heavy atom. The van der Waals surface area contributed by atoms with E-state index in [1.807, 2.05) is 27.7 Å². The summed E-state index contributed by atoms with van der Waals surface area (Å²) >= 11 is 0. The van der Waals surface area contributed by atoms with Crippen molar-refractivity contribution in [3.8, 4) is 0 Å². The molecular formula is C12H17F2N. The summed E-state index contributed by atoms with van der Waals surface area (Å²) in [6, 6.07) is 3.00. The lowest BCUT2D eigenvalue weighted by atomic mass is 10.0. The maximum absolute atomic E-state index is 12.6. The number of halogens is 2. The van der Waals surface area contributed by atoms with Gasteiger partial charge in [0, 0.05) is 17.0 Å². The summed E-state index contributed by atoms with van der Waals surface area (Å²) in [6.45, 7) is 7.84. The first-order valence-electron chi connectivity index (χ1n) is 5.21. The van der Waals surface area contributed by atoms with Crippen molar-refractivity contribution in [2.75, 3.05) is 0 Å². The fraction of sp³-hybridized carbons (Fsp3) is 0.583. The summed E-state index contributed by atoms with van der Waals surface area (Å²) in [5.41, 5.74) is 1.57. The molecule has 0 aromatic carbocycles. The van der Waals surface area contributed by atoms with Gasteiger partial charge in [-0.25, -0.2) is 8.78 Å². The molecular weight excluding hydrogens is 196 g/mol. The zero-order chi connectivity index (χ0) is 11.6. The normalized spacial score (nSPS) is 11.8. The highest BCUT2D eigenvalue weighted by Gasteiger charge is 2.14. The van der Waals surface area contributed by atoms with Gasteiger partial charge in [-0.1, -0.05) is 27.7 Å². The average Bonchev–Trinajstić information content (AvgIpc) is 2.16. The summed E-state index contributed by atoms with van der Waals surface area (Å²) in [5, 5.41) is 0. The van der Waals surface area contributed by atoms with E-state index in [0.717, 1.165) is 11.4 Å². The minimum atomic E-state index is -2.41. The van der Waals surface area contributed by atoms with Crippen LogP contribution in [0.25, 0.3) is 0 Å². The lowest BCUT2D eigenvalue weighted by Crippen LogP contribution is -2.02. The van der Waals surface area contributed by atoms with Crippen LogP contribution in [0.3, 0.4) is 0 Å². The smallest absolute Gasteiger partial charge is 0.257 e. The van der Waals surface area contributed by atoms with Gasteiger partial charge in [-0.15, -0.1) is 0 Å². The molecule has 0 N–H and O–H groups in total. The van der Waals surface area contributed by atoms with Crippen molar-refractivity contribution >= 4 is 0 Å². The first-order valence-corrected chi connectivity index (χ1v) is 5.21. The van der Waals surface area contributed by atoms with Crippen molar-refractivity contribution in [3.05, 3.63) is 29.1 Å². The summed E-state index contributed by atoms with van der Waals surface area (Å²) in [4.78, 5) is 4.38. The molecule has 1 aromatic rings.